The molecule has 2 N–H and O–H groups in total. The fourth-order valence-electron chi connectivity index (χ4n) is 1.45. The molecule has 0 spiro atoms. The number of carboxylic acid groups (broad SMARTS) is 1. The van der Waals surface area contributed by atoms with E-state index in [1.54, 1.807) is 6.92 Å². The number of methoxy groups -OCH3 is 1. The normalized spacial score (nSPS) is 9.70. The van der Waals surface area contributed by atoms with Gasteiger partial charge in [0.25, 0.3) is 0 Å². The summed E-state index contributed by atoms with van der Waals surface area (Å²) in [5.74, 6) is -1.55. The van der Waals surface area contributed by atoms with Gasteiger partial charge in [-0.3, -0.25) is 4.79 Å². The molecule has 7 heteroatoms. The van der Waals surface area contributed by atoms with E-state index in [-0.39, 0.29) is 12.1 Å². The van der Waals surface area contributed by atoms with Crippen molar-refractivity contribution in [3.05, 3.63) is 29.8 Å². The summed E-state index contributed by atoms with van der Waals surface area (Å²) in [6.45, 7) is 1.93. The van der Waals surface area contributed by atoms with Crippen molar-refractivity contribution in [2.45, 2.75) is 6.92 Å². The Hall–Kier alpha value is -2.57. The summed E-state index contributed by atoms with van der Waals surface area (Å²) < 4.78 is 4.50. The number of aromatic carboxylic acids is 1. The topological polar surface area (TPSA) is 95.9 Å². The summed E-state index contributed by atoms with van der Waals surface area (Å²) in [5.41, 5.74) is 0.577. The number of likely N-dealkylation sites (N-methyl/N-ethyl adjacent to an activating group) is 1. The first-order valence-corrected chi connectivity index (χ1v) is 5.94. The Balaban J connectivity index is 2.68. The zero-order chi connectivity index (χ0) is 15.1. The Morgan fingerprint density at radius 1 is 1.25 bits per heavy atom. The van der Waals surface area contributed by atoms with Crippen molar-refractivity contribution in [3.8, 4) is 0 Å². The Labute approximate surface area is 116 Å². The van der Waals surface area contributed by atoms with Crippen LogP contribution >= 0.6 is 0 Å². The molecule has 2 amide bonds. The van der Waals surface area contributed by atoms with E-state index in [1.807, 2.05) is 0 Å². The van der Waals surface area contributed by atoms with Gasteiger partial charge in [0.2, 0.25) is 0 Å². The van der Waals surface area contributed by atoms with Crippen molar-refractivity contribution < 1.29 is 24.2 Å². The summed E-state index contributed by atoms with van der Waals surface area (Å²) in [6.07, 6.45) is 0. The number of ether oxygens (including phenoxy) is 1. The monoisotopic (exact) mass is 280 g/mol. The second-order valence-electron chi connectivity index (χ2n) is 3.90. The number of carbonyl (C=O) groups excluding carboxylic acids is 2. The maximum absolute atomic E-state index is 11.9. The molecule has 7 nitrogen and oxygen atoms in total. The average Bonchev–Trinajstić information content (AvgIpc) is 2.44. The summed E-state index contributed by atoms with van der Waals surface area (Å²) in [4.78, 5) is 35.0. The Morgan fingerprint density at radius 2 is 1.85 bits per heavy atom. The molecule has 0 aliphatic rings. The van der Waals surface area contributed by atoms with Crippen LogP contribution < -0.4 is 5.32 Å². The number of rotatable bonds is 5. The Morgan fingerprint density at radius 3 is 2.30 bits per heavy atom. The SMILES string of the molecule is CCN(CC(=O)OC)C(=O)Nc1ccc(C(=O)O)cc1. The standard InChI is InChI=1S/C13H16N2O5/c1-3-15(8-11(16)20-2)13(19)14-10-6-4-9(5-7-10)12(17)18/h4-7H,3,8H2,1-2H3,(H,14,19)(H,17,18). The molecule has 0 bridgehead atoms. The number of carboxylic acids is 1. The Kier molecular flexibility index (Phi) is 5.52. The second kappa shape index (κ2) is 7.13. The highest BCUT2D eigenvalue weighted by Gasteiger charge is 2.15. The van der Waals surface area contributed by atoms with Crippen LogP contribution in [0, 0.1) is 0 Å². The van der Waals surface area contributed by atoms with Gasteiger partial charge in [-0.25, -0.2) is 9.59 Å². The van der Waals surface area contributed by atoms with Gasteiger partial charge in [0, 0.05) is 12.2 Å². The minimum Gasteiger partial charge on any atom is -0.478 e. The van der Waals surface area contributed by atoms with E-state index in [0.717, 1.165) is 0 Å². The fraction of sp³-hybridized carbons (Fsp3) is 0.308. The number of nitrogens with zero attached hydrogens (tertiary/aromatic N) is 1. The van der Waals surface area contributed by atoms with Crippen LogP contribution in [0.4, 0.5) is 10.5 Å². The average molecular weight is 280 g/mol. The van der Waals surface area contributed by atoms with E-state index < -0.39 is 18.0 Å². The highest BCUT2D eigenvalue weighted by atomic mass is 16.5. The van der Waals surface area contributed by atoms with Crippen LogP contribution in [0.25, 0.3) is 0 Å². The van der Waals surface area contributed by atoms with E-state index in [2.05, 4.69) is 10.1 Å². The lowest BCUT2D eigenvalue weighted by molar-refractivity contribution is -0.141. The fourth-order valence-corrected chi connectivity index (χ4v) is 1.45. The smallest absolute Gasteiger partial charge is 0.335 e. The summed E-state index contributed by atoms with van der Waals surface area (Å²) in [7, 11) is 1.25. The molecule has 0 aliphatic heterocycles. The van der Waals surface area contributed by atoms with E-state index in [9.17, 15) is 14.4 Å². The third-order valence-corrected chi connectivity index (χ3v) is 2.60. The highest BCUT2D eigenvalue weighted by Crippen LogP contribution is 2.10. The number of carbonyl (C=O) groups is 3. The van der Waals surface area contributed by atoms with Crippen LogP contribution in [0.15, 0.2) is 24.3 Å². The summed E-state index contributed by atoms with van der Waals surface area (Å²) in [5, 5.41) is 11.3. The number of esters is 1. The minimum atomic E-state index is -1.04. The third kappa shape index (κ3) is 4.27. The molecule has 108 valence electrons. The Bertz CT molecular complexity index is 498. The van der Waals surface area contributed by atoms with Crippen LogP contribution in [0.5, 0.6) is 0 Å². The van der Waals surface area contributed by atoms with Crippen molar-refractivity contribution in [2.75, 3.05) is 25.5 Å². The predicted molar refractivity (Wildman–Crippen MR) is 71.7 cm³/mol. The van der Waals surface area contributed by atoms with Crippen LogP contribution in [-0.2, 0) is 9.53 Å². The molecule has 0 heterocycles. The molecule has 0 unspecified atom stereocenters. The van der Waals surface area contributed by atoms with Crippen molar-refractivity contribution in [1.82, 2.24) is 4.90 Å². The molecule has 0 aliphatic carbocycles. The summed E-state index contributed by atoms with van der Waals surface area (Å²) >= 11 is 0. The van der Waals surface area contributed by atoms with E-state index in [4.69, 9.17) is 5.11 Å². The highest BCUT2D eigenvalue weighted by molar-refractivity contribution is 5.93. The molecule has 0 fully saturated rings. The molecule has 0 radical (unpaired) electrons. The number of nitrogens with one attached hydrogen (secondary N) is 1. The van der Waals surface area contributed by atoms with Crippen molar-refractivity contribution in [3.63, 3.8) is 0 Å². The maximum atomic E-state index is 11.9. The lowest BCUT2D eigenvalue weighted by atomic mass is 10.2. The first-order chi connectivity index (χ1) is 9.47. The minimum absolute atomic E-state index is 0.130. The van der Waals surface area contributed by atoms with Crippen molar-refractivity contribution >= 4 is 23.7 Å². The van der Waals surface area contributed by atoms with E-state index in [1.165, 1.54) is 36.3 Å². The van der Waals surface area contributed by atoms with E-state index >= 15 is 0 Å². The quantitative estimate of drug-likeness (QED) is 0.795. The van der Waals surface area contributed by atoms with E-state index in [0.29, 0.717) is 12.2 Å². The number of anilines is 1. The lowest BCUT2D eigenvalue weighted by Crippen LogP contribution is -2.38. The van der Waals surface area contributed by atoms with Gasteiger partial charge in [0.1, 0.15) is 6.54 Å². The van der Waals surface area contributed by atoms with Crippen LogP contribution in [-0.4, -0.2) is 48.2 Å². The molecule has 0 saturated heterocycles. The molecule has 0 aromatic heterocycles. The first kappa shape index (κ1) is 15.5. The van der Waals surface area contributed by atoms with Gasteiger partial charge in [-0.15, -0.1) is 0 Å². The van der Waals surface area contributed by atoms with Gasteiger partial charge in [-0.05, 0) is 31.2 Å². The lowest BCUT2D eigenvalue weighted by Gasteiger charge is -2.19. The number of amides is 2. The molecule has 0 atom stereocenters. The largest absolute Gasteiger partial charge is 0.478 e. The number of hydrogen-bond donors (Lipinski definition) is 2. The first-order valence-electron chi connectivity index (χ1n) is 5.94. The third-order valence-electron chi connectivity index (χ3n) is 2.60. The molecular formula is C13H16N2O5. The molecular weight excluding hydrogens is 264 g/mol. The molecule has 1 rings (SSSR count). The second-order valence-corrected chi connectivity index (χ2v) is 3.90. The molecule has 0 saturated carbocycles. The molecule has 1 aromatic rings. The van der Waals surface area contributed by atoms with Gasteiger partial charge >= 0.3 is 18.0 Å². The van der Waals surface area contributed by atoms with Crippen LogP contribution in [0.2, 0.25) is 0 Å². The molecule has 1 aromatic carbocycles. The van der Waals surface area contributed by atoms with Gasteiger partial charge in [0.15, 0.2) is 0 Å². The van der Waals surface area contributed by atoms with Gasteiger partial charge in [-0.2, -0.15) is 0 Å². The molecule has 20 heavy (non-hydrogen) atoms. The van der Waals surface area contributed by atoms with Crippen molar-refractivity contribution in [1.29, 1.82) is 0 Å². The van der Waals surface area contributed by atoms with Crippen LogP contribution in [0.3, 0.4) is 0 Å². The summed E-state index contributed by atoms with van der Waals surface area (Å²) in [6, 6.07) is 5.27. The zero-order valence-electron chi connectivity index (χ0n) is 11.3. The van der Waals surface area contributed by atoms with Crippen LogP contribution in [0.1, 0.15) is 17.3 Å². The van der Waals surface area contributed by atoms with Crippen molar-refractivity contribution in [2.24, 2.45) is 0 Å². The number of urea groups is 1. The maximum Gasteiger partial charge on any atom is 0.335 e. The number of benzene rings is 1. The predicted octanol–water partition coefficient (Wildman–Crippen LogP) is 1.41. The van der Waals surface area contributed by atoms with Gasteiger partial charge in [0.05, 0.1) is 12.7 Å². The van der Waals surface area contributed by atoms with Gasteiger partial charge < -0.3 is 20.1 Å². The number of hydrogen-bond acceptors (Lipinski definition) is 4. The zero-order valence-corrected chi connectivity index (χ0v) is 11.3. The van der Waals surface area contributed by atoms with Gasteiger partial charge in [-0.1, -0.05) is 0 Å².